The molecule has 0 atom stereocenters. The second-order valence-corrected chi connectivity index (χ2v) is 5.51. The van der Waals surface area contributed by atoms with Crippen LogP contribution in [0.2, 0.25) is 5.02 Å². The minimum atomic E-state index is -0.0628. The van der Waals surface area contributed by atoms with Gasteiger partial charge in [-0.1, -0.05) is 47.5 Å². The quantitative estimate of drug-likeness (QED) is 0.884. The predicted molar refractivity (Wildman–Crippen MR) is 87.7 cm³/mol. The molecule has 0 aromatic heterocycles. The van der Waals surface area contributed by atoms with E-state index in [1.807, 2.05) is 56.3 Å². The van der Waals surface area contributed by atoms with Gasteiger partial charge in [-0.05, 0) is 37.1 Å². The lowest BCUT2D eigenvalue weighted by molar-refractivity contribution is -0.119. The van der Waals surface area contributed by atoms with Crippen LogP contribution >= 0.6 is 11.6 Å². The summed E-state index contributed by atoms with van der Waals surface area (Å²) < 4.78 is 0. The van der Waals surface area contributed by atoms with Crippen molar-refractivity contribution in [3.05, 3.63) is 64.2 Å². The molecule has 2 aromatic rings. The fourth-order valence-electron chi connectivity index (χ4n) is 1.91. The summed E-state index contributed by atoms with van der Waals surface area (Å²) in [6, 6.07) is 13.8. The first-order valence-electron chi connectivity index (χ1n) is 6.87. The summed E-state index contributed by atoms with van der Waals surface area (Å²) in [4.78, 5) is 11.8. The summed E-state index contributed by atoms with van der Waals surface area (Å²) in [6.07, 6.45) is 0. The van der Waals surface area contributed by atoms with Crippen LogP contribution in [0.15, 0.2) is 42.5 Å². The van der Waals surface area contributed by atoms with Gasteiger partial charge in [0.15, 0.2) is 0 Å². The highest BCUT2D eigenvalue weighted by Crippen LogP contribution is 2.22. The summed E-state index contributed by atoms with van der Waals surface area (Å²) >= 11 is 6.11. The van der Waals surface area contributed by atoms with Gasteiger partial charge in [-0.15, -0.1) is 0 Å². The Balaban J connectivity index is 1.80. The summed E-state index contributed by atoms with van der Waals surface area (Å²) in [5, 5.41) is 6.54. The van der Waals surface area contributed by atoms with Crippen molar-refractivity contribution in [1.29, 1.82) is 0 Å². The number of benzene rings is 2. The maximum absolute atomic E-state index is 11.8. The van der Waals surface area contributed by atoms with E-state index in [1.54, 1.807) is 0 Å². The number of carbonyl (C=O) groups excluding carboxylic acids is 1. The number of nitrogens with one attached hydrogen (secondary N) is 2. The lowest BCUT2D eigenvalue weighted by Gasteiger charge is -2.10. The number of rotatable bonds is 5. The molecule has 0 radical (unpaired) electrons. The van der Waals surface area contributed by atoms with Gasteiger partial charge in [0.25, 0.3) is 0 Å². The van der Waals surface area contributed by atoms with Crippen molar-refractivity contribution in [1.82, 2.24) is 5.32 Å². The summed E-state index contributed by atoms with van der Waals surface area (Å²) in [6.45, 7) is 4.75. The van der Waals surface area contributed by atoms with Crippen LogP contribution in [0.4, 0.5) is 5.69 Å². The molecule has 2 aromatic carbocycles. The number of halogens is 1. The molecule has 0 spiro atoms. The zero-order chi connectivity index (χ0) is 15.2. The van der Waals surface area contributed by atoms with E-state index >= 15 is 0 Å². The van der Waals surface area contributed by atoms with Crippen molar-refractivity contribution in [3.8, 4) is 0 Å². The van der Waals surface area contributed by atoms with E-state index < -0.39 is 0 Å². The molecule has 0 aliphatic heterocycles. The molecule has 0 saturated heterocycles. The van der Waals surface area contributed by atoms with Crippen LogP contribution in [0, 0.1) is 13.8 Å². The first kappa shape index (κ1) is 15.4. The van der Waals surface area contributed by atoms with E-state index in [2.05, 4.69) is 10.6 Å². The lowest BCUT2D eigenvalue weighted by atomic mass is 10.1. The summed E-state index contributed by atoms with van der Waals surface area (Å²) in [7, 11) is 0. The molecule has 0 saturated carbocycles. The van der Waals surface area contributed by atoms with Crippen LogP contribution in [-0.2, 0) is 11.3 Å². The molecule has 0 heterocycles. The van der Waals surface area contributed by atoms with Crippen LogP contribution < -0.4 is 10.6 Å². The molecular weight excluding hydrogens is 284 g/mol. The number of anilines is 1. The van der Waals surface area contributed by atoms with E-state index in [1.165, 1.54) is 5.56 Å². The molecule has 0 unspecified atom stereocenters. The first-order chi connectivity index (χ1) is 10.0. The van der Waals surface area contributed by atoms with Crippen molar-refractivity contribution in [2.75, 3.05) is 11.9 Å². The van der Waals surface area contributed by atoms with Gasteiger partial charge in [0, 0.05) is 6.54 Å². The molecular formula is C17H19ClN2O. The van der Waals surface area contributed by atoms with E-state index in [-0.39, 0.29) is 12.5 Å². The zero-order valence-electron chi connectivity index (χ0n) is 12.2. The van der Waals surface area contributed by atoms with Crippen LogP contribution in [0.3, 0.4) is 0 Å². The van der Waals surface area contributed by atoms with Gasteiger partial charge in [-0.3, -0.25) is 4.79 Å². The molecule has 4 heteroatoms. The smallest absolute Gasteiger partial charge is 0.239 e. The standard InChI is InChI=1S/C17H19ClN2O/c1-12-3-6-14(7-4-12)10-20-17(21)11-19-16-8-5-13(2)9-15(16)18/h3-9,19H,10-11H2,1-2H3,(H,20,21). The SMILES string of the molecule is Cc1ccc(CNC(=O)CNc2ccc(C)cc2Cl)cc1. The second kappa shape index (κ2) is 7.14. The number of hydrogen-bond donors (Lipinski definition) is 2. The molecule has 2 N–H and O–H groups in total. The van der Waals surface area contributed by atoms with Gasteiger partial charge in [-0.25, -0.2) is 0 Å². The van der Waals surface area contributed by atoms with Gasteiger partial charge in [-0.2, -0.15) is 0 Å². The Morgan fingerprint density at radius 3 is 2.38 bits per heavy atom. The second-order valence-electron chi connectivity index (χ2n) is 5.10. The maximum Gasteiger partial charge on any atom is 0.239 e. The average Bonchev–Trinajstić information content (AvgIpc) is 2.46. The maximum atomic E-state index is 11.8. The van der Waals surface area contributed by atoms with Gasteiger partial charge in [0.1, 0.15) is 0 Å². The molecule has 0 fully saturated rings. The van der Waals surface area contributed by atoms with E-state index in [9.17, 15) is 4.79 Å². The molecule has 110 valence electrons. The molecule has 0 bridgehead atoms. The van der Waals surface area contributed by atoms with Crippen LogP contribution in [0.5, 0.6) is 0 Å². The zero-order valence-corrected chi connectivity index (χ0v) is 13.0. The first-order valence-corrected chi connectivity index (χ1v) is 7.24. The molecule has 0 aliphatic rings. The third-order valence-electron chi connectivity index (χ3n) is 3.17. The Kier molecular flexibility index (Phi) is 5.23. The minimum Gasteiger partial charge on any atom is -0.375 e. The Hall–Kier alpha value is -2.00. The molecule has 0 aliphatic carbocycles. The number of amides is 1. The molecule has 3 nitrogen and oxygen atoms in total. The van der Waals surface area contributed by atoms with Gasteiger partial charge < -0.3 is 10.6 Å². The highest BCUT2D eigenvalue weighted by molar-refractivity contribution is 6.33. The third kappa shape index (κ3) is 4.80. The third-order valence-corrected chi connectivity index (χ3v) is 3.49. The fraction of sp³-hybridized carbons (Fsp3) is 0.235. The molecule has 21 heavy (non-hydrogen) atoms. The largest absolute Gasteiger partial charge is 0.375 e. The van der Waals surface area contributed by atoms with E-state index in [0.717, 1.165) is 16.8 Å². The van der Waals surface area contributed by atoms with Crippen molar-refractivity contribution < 1.29 is 4.79 Å². The van der Waals surface area contributed by atoms with E-state index in [4.69, 9.17) is 11.6 Å². The highest BCUT2D eigenvalue weighted by Gasteiger charge is 2.04. The van der Waals surface area contributed by atoms with Crippen molar-refractivity contribution in [2.45, 2.75) is 20.4 Å². The summed E-state index contributed by atoms with van der Waals surface area (Å²) in [5.74, 6) is -0.0628. The highest BCUT2D eigenvalue weighted by atomic mass is 35.5. The Bertz CT molecular complexity index is 623. The van der Waals surface area contributed by atoms with Gasteiger partial charge in [0.2, 0.25) is 5.91 Å². The lowest BCUT2D eigenvalue weighted by Crippen LogP contribution is -2.29. The Morgan fingerprint density at radius 1 is 1.05 bits per heavy atom. The minimum absolute atomic E-state index is 0.0628. The fourth-order valence-corrected chi connectivity index (χ4v) is 2.21. The Labute approximate surface area is 130 Å². The number of carbonyl (C=O) groups is 1. The normalized spacial score (nSPS) is 10.2. The Morgan fingerprint density at radius 2 is 1.71 bits per heavy atom. The van der Waals surface area contributed by atoms with Crippen LogP contribution in [-0.4, -0.2) is 12.5 Å². The van der Waals surface area contributed by atoms with Crippen molar-refractivity contribution in [3.63, 3.8) is 0 Å². The summed E-state index contributed by atoms with van der Waals surface area (Å²) in [5.41, 5.74) is 4.16. The monoisotopic (exact) mass is 302 g/mol. The van der Waals surface area contributed by atoms with Gasteiger partial charge in [0.05, 0.1) is 17.3 Å². The van der Waals surface area contributed by atoms with E-state index in [0.29, 0.717) is 11.6 Å². The predicted octanol–water partition coefficient (Wildman–Crippen LogP) is 3.69. The van der Waals surface area contributed by atoms with Crippen LogP contribution in [0.1, 0.15) is 16.7 Å². The average molecular weight is 303 g/mol. The number of hydrogen-bond acceptors (Lipinski definition) is 2. The molecule has 2 rings (SSSR count). The topological polar surface area (TPSA) is 41.1 Å². The molecule has 1 amide bonds. The van der Waals surface area contributed by atoms with Crippen molar-refractivity contribution >= 4 is 23.2 Å². The van der Waals surface area contributed by atoms with Crippen LogP contribution in [0.25, 0.3) is 0 Å². The van der Waals surface area contributed by atoms with Gasteiger partial charge >= 0.3 is 0 Å². The number of aryl methyl sites for hydroxylation is 2. The van der Waals surface area contributed by atoms with Crippen molar-refractivity contribution in [2.24, 2.45) is 0 Å².